The Labute approximate surface area is 187 Å². The number of thiophene rings is 1. The average Bonchev–Trinajstić information content (AvgIpc) is 3.10. The fourth-order valence-corrected chi connectivity index (χ4v) is 5.13. The number of hydrogen-bond acceptors (Lipinski definition) is 3. The van der Waals surface area contributed by atoms with Crippen molar-refractivity contribution in [3.63, 3.8) is 0 Å². The Morgan fingerprint density at radius 2 is 1.58 bits per heavy atom. The molecular weight excluding hydrogens is 406 g/mol. The number of nitrogens with zero attached hydrogens (tertiary/aromatic N) is 1. The Kier molecular flexibility index (Phi) is 5.83. The molecule has 0 bridgehead atoms. The minimum absolute atomic E-state index is 0.132. The van der Waals surface area contributed by atoms with Gasteiger partial charge in [-0.05, 0) is 68.0 Å². The van der Waals surface area contributed by atoms with E-state index in [-0.39, 0.29) is 11.9 Å². The third-order valence-electron chi connectivity index (χ3n) is 5.69. The number of nitrogens with one attached hydrogen (secondary N) is 2. The van der Waals surface area contributed by atoms with E-state index in [2.05, 4.69) is 34.9 Å². The summed E-state index contributed by atoms with van der Waals surface area (Å²) >= 11 is 1.31. The highest BCUT2D eigenvalue weighted by molar-refractivity contribution is 7.18. The van der Waals surface area contributed by atoms with Gasteiger partial charge in [-0.1, -0.05) is 42.0 Å². The molecule has 0 spiro atoms. The molecule has 1 aliphatic rings. The van der Waals surface area contributed by atoms with Crippen molar-refractivity contribution in [3.05, 3.63) is 80.7 Å². The minimum atomic E-state index is -0.148. The first-order valence-corrected chi connectivity index (χ1v) is 11.3. The second-order valence-electron chi connectivity index (χ2n) is 8.22. The fraction of sp³-hybridized carbons (Fsp3) is 0.280. The summed E-state index contributed by atoms with van der Waals surface area (Å²) in [7, 11) is 0. The highest BCUT2D eigenvalue weighted by atomic mass is 32.1. The Morgan fingerprint density at radius 3 is 2.29 bits per heavy atom. The van der Waals surface area contributed by atoms with Gasteiger partial charge in [0.25, 0.3) is 5.91 Å². The SMILES string of the molecule is Cc1cc(C)c(NC(=O)c2sc(NC(=O)N3CCc4ccccc4C3)cc2C)c(C)c1. The molecule has 5 nitrogen and oxygen atoms in total. The Bertz CT molecular complexity index is 1140. The van der Waals surface area contributed by atoms with E-state index in [0.717, 1.165) is 28.8 Å². The summed E-state index contributed by atoms with van der Waals surface area (Å²) in [5, 5.41) is 6.71. The first-order chi connectivity index (χ1) is 14.8. The van der Waals surface area contributed by atoms with Crippen LogP contribution in [-0.2, 0) is 13.0 Å². The molecule has 3 aromatic rings. The maximum atomic E-state index is 12.9. The van der Waals surface area contributed by atoms with E-state index in [1.54, 1.807) is 0 Å². The van der Waals surface area contributed by atoms with E-state index in [1.165, 1.54) is 28.0 Å². The molecule has 160 valence electrons. The molecule has 0 radical (unpaired) electrons. The van der Waals surface area contributed by atoms with Crippen LogP contribution in [0.5, 0.6) is 0 Å². The molecule has 2 N–H and O–H groups in total. The second kappa shape index (κ2) is 8.55. The molecule has 0 saturated heterocycles. The maximum absolute atomic E-state index is 12.9. The van der Waals surface area contributed by atoms with Crippen molar-refractivity contribution in [2.75, 3.05) is 17.2 Å². The summed E-state index contributed by atoms with van der Waals surface area (Å²) in [6, 6.07) is 14.1. The van der Waals surface area contributed by atoms with Crippen LogP contribution in [0.25, 0.3) is 0 Å². The number of fused-ring (bicyclic) bond motifs is 1. The van der Waals surface area contributed by atoms with Crippen LogP contribution in [0, 0.1) is 27.7 Å². The van der Waals surface area contributed by atoms with Gasteiger partial charge in [0.1, 0.15) is 0 Å². The maximum Gasteiger partial charge on any atom is 0.322 e. The van der Waals surface area contributed by atoms with Crippen molar-refractivity contribution >= 4 is 34.0 Å². The van der Waals surface area contributed by atoms with Gasteiger partial charge < -0.3 is 10.2 Å². The molecule has 4 rings (SSSR count). The van der Waals surface area contributed by atoms with Crippen LogP contribution in [0.1, 0.15) is 43.1 Å². The van der Waals surface area contributed by atoms with Gasteiger partial charge in [-0.2, -0.15) is 0 Å². The van der Waals surface area contributed by atoms with Gasteiger partial charge in [0.05, 0.1) is 9.88 Å². The first-order valence-electron chi connectivity index (χ1n) is 10.4. The van der Waals surface area contributed by atoms with Crippen molar-refractivity contribution in [2.45, 2.75) is 40.7 Å². The number of hydrogen-bond donors (Lipinski definition) is 2. The summed E-state index contributed by atoms with van der Waals surface area (Å²) in [4.78, 5) is 28.2. The summed E-state index contributed by atoms with van der Waals surface area (Å²) in [6.07, 6.45) is 0.857. The van der Waals surface area contributed by atoms with E-state index < -0.39 is 0 Å². The monoisotopic (exact) mass is 433 g/mol. The fourth-order valence-electron chi connectivity index (χ4n) is 4.17. The normalized spacial score (nSPS) is 13.0. The predicted octanol–water partition coefficient (Wildman–Crippen LogP) is 5.82. The van der Waals surface area contributed by atoms with Crippen LogP contribution in [0.15, 0.2) is 42.5 Å². The number of urea groups is 1. The lowest BCUT2D eigenvalue weighted by atomic mass is 10.0. The van der Waals surface area contributed by atoms with Crippen molar-refractivity contribution in [2.24, 2.45) is 0 Å². The zero-order valence-electron chi connectivity index (χ0n) is 18.3. The first kappa shape index (κ1) is 21.1. The number of rotatable bonds is 3. The van der Waals surface area contributed by atoms with Crippen LogP contribution in [-0.4, -0.2) is 23.4 Å². The van der Waals surface area contributed by atoms with Crippen molar-refractivity contribution in [3.8, 4) is 0 Å². The molecule has 0 atom stereocenters. The highest BCUT2D eigenvalue weighted by Gasteiger charge is 2.22. The van der Waals surface area contributed by atoms with E-state index in [9.17, 15) is 9.59 Å². The molecule has 1 aromatic heterocycles. The van der Waals surface area contributed by atoms with E-state index in [0.29, 0.717) is 23.0 Å². The summed E-state index contributed by atoms with van der Waals surface area (Å²) < 4.78 is 0. The smallest absolute Gasteiger partial charge is 0.321 e. The Morgan fingerprint density at radius 1 is 0.903 bits per heavy atom. The highest BCUT2D eigenvalue weighted by Crippen LogP contribution is 2.30. The van der Waals surface area contributed by atoms with E-state index in [1.807, 2.05) is 50.8 Å². The average molecular weight is 434 g/mol. The second-order valence-corrected chi connectivity index (χ2v) is 9.27. The lowest BCUT2D eigenvalue weighted by Crippen LogP contribution is -2.38. The van der Waals surface area contributed by atoms with Crippen molar-refractivity contribution in [1.29, 1.82) is 0 Å². The van der Waals surface area contributed by atoms with Crippen molar-refractivity contribution in [1.82, 2.24) is 4.90 Å². The van der Waals surface area contributed by atoms with Gasteiger partial charge >= 0.3 is 6.03 Å². The molecule has 3 amide bonds. The van der Waals surface area contributed by atoms with E-state index >= 15 is 0 Å². The molecule has 2 aromatic carbocycles. The topological polar surface area (TPSA) is 61.4 Å². The lowest BCUT2D eigenvalue weighted by Gasteiger charge is -2.28. The molecule has 2 heterocycles. The molecule has 31 heavy (non-hydrogen) atoms. The molecule has 0 fully saturated rings. The zero-order chi connectivity index (χ0) is 22.1. The quantitative estimate of drug-likeness (QED) is 0.546. The number of aryl methyl sites for hydroxylation is 4. The van der Waals surface area contributed by atoms with Gasteiger partial charge in [-0.3, -0.25) is 10.1 Å². The van der Waals surface area contributed by atoms with Gasteiger partial charge in [0, 0.05) is 18.8 Å². The zero-order valence-corrected chi connectivity index (χ0v) is 19.2. The molecule has 0 unspecified atom stereocenters. The predicted molar refractivity (Wildman–Crippen MR) is 127 cm³/mol. The Hall–Kier alpha value is -3.12. The minimum Gasteiger partial charge on any atom is -0.321 e. The van der Waals surface area contributed by atoms with Crippen LogP contribution in [0.4, 0.5) is 15.5 Å². The van der Waals surface area contributed by atoms with Gasteiger partial charge in [-0.15, -0.1) is 11.3 Å². The Balaban J connectivity index is 1.45. The van der Waals surface area contributed by atoms with E-state index in [4.69, 9.17) is 0 Å². The van der Waals surface area contributed by atoms with Crippen LogP contribution in [0.3, 0.4) is 0 Å². The third-order valence-corrected chi connectivity index (χ3v) is 6.84. The largest absolute Gasteiger partial charge is 0.322 e. The van der Waals surface area contributed by atoms with Crippen LogP contribution < -0.4 is 10.6 Å². The van der Waals surface area contributed by atoms with Gasteiger partial charge in [0.15, 0.2) is 0 Å². The van der Waals surface area contributed by atoms with Gasteiger partial charge in [0.2, 0.25) is 0 Å². The number of benzene rings is 2. The molecule has 0 saturated carbocycles. The number of carbonyl (C=O) groups is 2. The van der Waals surface area contributed by atoms with Gasteiger partial charge in [-0.25, -0.2) is 4.79 Å². The standard InChI is InChI=1S/C25H27N3O2S/c1-15-11-16(2)22(17(3)12-15)27-24(29)23-18(4)13-21(31-23)26-25(30)28-10-9-19-7-5-6-8-20(19)14-28/h5-8,11-13H,9-10,14H2,1-4H3,(H,26,30)(H,27,29). The van der Waals surface area contributed by atoms with Crippen molar-refractivity contribution < 1.29 is 9.59 Å². The van der Waals surface area contributed by atoms with Crippen LogP contribution >= 0.6 is 11.3 Å². The number of carbonyl (C=O) groups excluding carboxylic acids is 2. The van der Waals surface area contributed by atoms with Crippen LogP contribution in [0.2, 0.25) is 0 Å². The molecular formula is C25H27N3O2S. The molecule has 1 aliphatic heterocycles. The number of amides is 3. The summed E-state index contributed by atoms with van der Waals surface area (Å²) in [5.41, 5.74) is 7.45. The number of anilines is 2. The summed E-state index contributed by atoms with van der Waals surface area (Å²) in [6.45, 7) is 9.23. The molecule has 6 heteroatoms. The third kappa shape index (κ3) is 4.49. The molecule has 0 aliphatic carbocycles. The lowest BCUT2D eigenvalue weighted by molar-refractivity contribution is 0.103. The summed E-state index contributed by atoms with van der Waals surface area (Å²) in [5.74, 6) is -0.148.